The van der Waals surface area contributed by atoms with Gasteiger partial charge in [-0.05, 0) is 39.5 Å². The number of carbonyl (C=O) groups is 2. The SMILES string of the molecule is CC(C)(C)OC(=O)NC1(C(=O)O)CC(CC#N)C1. The summed E-state index contributed by atoms with van der Waals surface area (Å²) in [5, 5.41) is 20.1. The molecule has 0 aromatic rings. The van der Waals surface area contributed by atoms with Crippen molar-refractivity contribution in [3.05, 3.63) is 0 Å². The van der Waals surface area contributed by atoms with Crippen LogP contribution in [0, 0.1) is 17.2 Å². The van der Waals surface area contributed by atoms with Crippen molar-refractivity contribution in [3.8, 4) is 6.07 Å². The maximum Gasteiger partial charge on any atom is 0.408 e. The molecule has 0 spiro atoms. The molecular formula is C12H18N2O4. The minimum atomic E-state index is -1.27. The highest BCUT2D eigenvalue weighted by atomic mass is 16.6. The number of amides is 1. The lowest BCUT2D eigenvalue weighted by Crippen LogP contribution is -2.62. The van der Waals surface area contributed by atoms with Crippen LogP contribution in [0.25, 0.3) is 0 Å². The van der Waals surface area contributed by atoms with Gasteiger partial charge in [0, 0.05) is 6.42 Å². The largest absolute Gasteiger partial charge is 0.480 e. The van der Waals surface area contributed by atoms with Crippen molar-refractivity contribution in [1.29, 1.82) is 5.26 Å². The van der Waals surface area contributed by atoms with E-state index in [4.69, 9.17) is 15.1 Å². The van der Waals surface area contributed by atoms with Crippen LogP contribution >= 0.6 is 0 Å². The van der Waals surface area contributed by atoms with Crippen LogP contribution in [0.3, 0.4) is 0 Å². The van der Waals surface area contributed by atoms with Crippen LogP contribution in [0.5, 0.6) is 0 Å². The highest BCUT2D eigenvalue weighted by Gasteiger charge is 2.52. The highest BCUT2D eigenvalue weighted by molar-refractivity contribution is 5.85. The Kier molecular flexibility index (Phi) is 3.85. The first-order valence-corrected chi connectivity index (χ1v) is 5.80. The van der Waals surface area contributed by atoms with Gasteiger partial charge in [0.15, 0.2) is 0 Å². The maximum absolute atomic E-state index is 11.6. The third kappa shape index (κ3) is 3.36. The van der Waals surface area contributed by atoms with Crippen LogP contribution in [0.2, 0.25) is 0 Å². The zero-order chi connectivity index (χ0) is 14.0. The van der Waals surface area contributed by atoms with Crippen molar-refractivity contribution in [2.45, 2.75) is 51.2 Å². The van der Waals surface area contributed by atoms with Crippen LogP contribution in [0.4, 0.5) is 4.79 Å². The maximum atomic E-state index is 11.6. The quantitative estimate of drug-likeness (QED) is 0.797. The Morgan fingerprint density at radius 2 is 2.06 bits per heavy atom. The standard InChI is InChI=1S/C12H18N2O4/c1-11(2,3)18-10(17)14-12(9(15)16)6-8(7-12)4-5-13/h8H,4,6-7H2,1-3H3,(H,14,17)(H,15,16). The molecule has 0 aliphatic heterocycles. The van der Waals surface area contributed by atoms with Crippen molar-refractivity contribution >= 4 is 12.1 Å². The van der Waals surface area contributed by atoms with Gasteiger partial charge < -0.3 is 15.2 Å². The van der Waals surface area contributed by atoms with Gasteiger partial charge in [-0.2, -0.15) is 5.26 Å². The van der Waals surface area contributed by atoms with Gasteiger partial charge in [0.1, 0.15) is 11.1 Å². The van der Waals surface area contributed by atoms with Crippen LogP contribution in [-0.4, -0.2) is 28.3 Å². The van der Waals surface area contributed by atoms with Crippen molar-refractivity contribution in [2.75, 3.05) is 0 Å². The smallest absolute Gasteiger partial charge is 0.408 e. The molecule has 1 aliphatic rings. The van der Waals surface area contributed by atoms with Crippen molar-refractivity contribution in [2.24, 2.45) is 5.92 Å². The van der Waals surface area contributed by atoms with Crippen molar-refractivity contribution in [3.63, 3.8) is 0 Å². The fourth-order valence-corrected chi connectivity index (χ4v) is 2.03. The Morgan fingerprint density at radius 1 is 1.50 bits per heavy atom. The third-order valence-electron chi connectivity index (χ3n) is 2.80. The first-order valence-electron chi connectivity index (χ1n) is 5.80. The summed E-state index contributed by atoms with van der Waals surface area (Å²) in [6, 6.07) is 2.00. The predicted molar refractivity (Wildman–Crippen MR) is 62.7 cm³/mol. The summed E-state index contributed by atoms with van der Waals surface area (Å²) in [6.45, 7) is 5.12. The number of ether oxygens (including phenoxy) is 1. The van der Waals surface area contributed by atoms with Crippen LogP contribution < -0.4 is 5.32 Å². The summed E-state index contributed by atoms with van der Waals surface area (Å²) < 4.78 is 5.04. The molecule has 0 saturated heterocycles. The lowest BCUT2D eigenvalue weighted by atomic mass is 9.67. The van der Waals surface area contributed by atoms with Crippen LogP contribution in [-0.2, 0) is 9.53 Å². The molecule has 0 unspecified atom stereocenters. The van der Waals surface area contributed by atoms with Gasteiger partial charge in [0.25, 0.3) is 0 Å². The molecule has 0 bridgehead atoms. The lowest BCUT2D eigenvalue weighted by molar-refractivity contribution is -0.151. The Bertz CT molecular complexity index is 386. The second-order valence-corrected chi connectivity index (χ2v) is 5.65. The molecule has 0 atom stereocenters. The van der Waals surface area contributed by atoms with E-state index in [1.807, 2.05) is 6.07 Å². The summed E-state index contributed by atoms with van der Waals surface area (Å²) in [5.41, 5.74) is -1.94. The molecule has 0 radical (unpaired) electrons. The number of rotatable bonds is 3. The number of nitriles is 1. The van der Waals surface area contributed by atoms with E-state index >= 15 is 0 Å². The van der Waals surface area contributed by atoms with Gasteiger partial charge in [-0.25, -0.2) is 9.59 Å². The molecular weight excluding hydrogens is 236 g/mol. The van der Waals surface area contributed by atoms with Gasteiger partial charge in [-0.15, -0.1) is 0 Å². The molecule has 1 saturated carbocycles. The number of nitrogens with zero attached hydrogens (tertiary/aromatic N) is 1. The number of aliphatic carboxylic acids is 1. The van der Waals surface area contributed by atoms with E-state index in [9.17, 15) is 9.59 Å². The minimum absolute atomic E-state index is 0.0287. The summed E-state index contributed by atoms with van der Waals surface area (Å²) >= 11 is 0. The van der Waals surface area contributed by atoms with E-state index in [1.54, 1.807) is 20.8 Å². The van der Waals surface area contributed by atoms with Gasteiger partial charge in [-0.3, -0.25) is 0 Å². The molecule has 6 nitrogen and oxygen atoms in total. The summed E-state index contributed by atoms with van der Waals surface area (Å²) in [6.07, 6.45) is 0.121. The molecule has 0 aromatic carbocycles. The zero-order valence-corrected chi connectivity index (χ0v) is 10.8. The Hall–Kier alpha value is -1.77. The molecule has 2 N–H and O–H groups in total. The minimum Gasteiger partial charge on any atom is -0.480 e. The van der Waals surface area contributed by atoms with Gasteiger partial charge in [-0.1, -0.05) is 0 Å². The summed E-state index contributed by atoms with van der Waals surface area (Å²) in [7, 11) is 0. The second kappa shape index (κ2) is 4.84. The number of hydrogen-bond donors (Lipinski definition) is 2. The number of nitrogens with one attached hydrogen (secondary N) is 1. The van der Waals surface area contributed by atoms with E-state index in [2.05, 4.69) is 5.32 Å². The van der Waals surface area contributed by atoms with Crippen molar-refractivity contribution < 1.29 is 19.4 Å². The number of carboxylic acid groups (broad SMARTS) is 1. The van der Waals surface area contributed by atoms with E-state index in [1.165, 1.54) is 0 Å². The van der Waals surface area contributed by atoms with Gasteiger partial charge >= 0.3 is 12.1 Å². The van der Waals surface area contributed by atoms with Crippen LogP contribution in [0.15, 0.2) is 0 Å². The topological polar surface area (TPSA) is 99.4 Å². The van der Waals surface area contributed by atoms with Crippen LogP contribution in [0.1, 0.15) is 40.0 Å². The van der Waals surface area contributed by atoms with Crippen molar-refractivity contribution in [1.82, 2.24) is 5.32 Å². The first-order chi connectivity index (χ1) is 8.18. The highest BCUT2D eigenvalue weighted by Crippen LogP contribution is 2.40. The molecule has 1 amide bonds. The molecule has 0 aromatic heterocycles. The fourth-order valence-electron chi connectivity index (χ4n) is 2.03. The van der Waals surface area contributed by atoms with E-state index in [0.29, 0.717) is 6.42 Å². The fraction of sp³-hybridized carbons (Fsp3) is 0.750. The Morgan fingerprint density at radius 3 is 2.44 bits per heavy atom. The second-order valence-electron chi connectivity index (χ2n) is 5.65. The molecule has 0 heterocycles. The Balaban J connectivity index is 2.60. The predicted octanol–water partition coefficient (Wildman–Crippen LogP) is 1.66. The third-order valence-corrected chi connectivity index (χ3v) is 2.80. The average Bonchev–Trinajstić information content (AvgIpc) is 2.10. The number of alkyl carbamates (subject to hydrolysis) is 1. The Labute approximate surface area is 106 Å². The summed E-state index contributed by atoms with van der Waals surface area (Å²) in [5.74, 6) is -1.05. The molecule has 1 fully saturated rings. The molecule has 100 valence electrons. The molecule has 6 heteroatoms. The summed E-state index contributed by atoms with van der Waals surface area (Å²) in [4.78, 5) is 22.8. The molecule has 1 rings (SSSR count). The normalized spacial score (nSPS) is 26.7. The number of carbonyl (C=O) groups excluding carboxylic acids is 1. The average molecular weight is 254 g/mol. The lowest BCUT2D eigenvalue weighted by Gasteiger charge is -2.43. The molecule has 1 aliphatic carbocycles. The molecule has 18 heavy (non-hydrogen) atoms. The van der Waals surface area contributed by atoms with Gasteiger partial charge in [0.05, 0.1) is 6.07 Å². The van der Waals surface area contributed by atoms with E-state index in [-0.39, 0.29) is 18.8 Å². The van der Waals surface area contributed by atoms with E-state index < -0.39 is 23.2 Å². The number of carboxylic acids is 1. The zero-order valence-electron chi connectivity index (χ0n) is 10.8. The monoisotopic (exact) mass is 254 g/mol. The first kappa shape index (κ1) is 14.3. The number of hydrogen-bond acceptors (Lipinski definition) is 4. The van der Waals surface area contributed by atoms with E-state index in [0.717, 1.165) is 0 Å². The van der Waals surface area contributed by atoms with Gasteiger partial charge in [0.2, 0.25) is 0 Å².